The van der Waals surface area contributed by atoms with Crippen LogP contribution in [0.25, 0.3) is 10.8 Å². The van der Waals surface area contributed by atoms with Crippen molar-refractivity contribution in [2.45, 2.75) is 64.3 Å². The van der Waals surface area contributed by atoms with Gasteiger partial charge in [-0.25, -0.2) is 4.67 Å². The van der Waals surface area contributed by atoms with E-state index in [-0.39, 0.29) is 56.5 Å². The fourth-order valence-corrected chi connectivity index (χ4v) is 9.16. The number of rotatable bonds is 19. The van der Waals surface area contributed by atoms with Crippen LogP contribution in [0.1, 0.15) is 77.9 Å². The molecule has 57 heavy (non-hydrogen) atoms. The fourth-order valence-electron chi connectivity index (χ4n) is 7.44. The highest BCUT2D eigenvalue weighted by atomic mass is 31.2. The van der Waals surface area contributed by atoms with Gasteiger partial charge in [-0.15, -0.1) is 0 Å². The summed E-state index contributed by atoms with van der Waals surface area (Å²) < 4.78 is 33.9. The molecule has 11 heteroatoms. The van der Waals surface area contributed by atoms with Gasteiger partial charge in [-0.2, -0.15) is 5.26 Å². The maximum Gasteiger partial charge on any atom is 0.261 e. The lowest BCUT2D eigenvalue weighted by molar-refractivity contribution is -0.0374. The van der Waals surface area contributed by atoms with Gasteiger partial charge in [0.25, 0.3) is 20.3 Å². The summed E-state index contributed by atoms with van der Waals surface area (Å²) in [7, 11) is 1.55. The number of hydrogen-bond acceptors (Lipinski definition) is 9. The first-order chi connectivity index (χ1) is 27.6. The highest BCUT2D eigenvalue weighted by molar-refractivity contribution is 7.44. The van der Waals surface area contributed by atoms with Gasteiger partial charge in [-0.3, -0.25) is 14.5 Å². The second-order valence-electron chi connectivity index (χ2n) is 14.3. The van der Waals surface area contributed by atoms with Crippen molar-refractivity contribution in [3.63, 3.8) is 0 Å². The zero-order valence-electron chi connectivity index (χ0n) is 33.4. The van der Waals surface area contributed by atoms with Crippen LogP contribution in [0, 0.1) is 11.3 Å². The molecule has 296 valence electrons. The maximum atomic E-state index is 14.0. The molecule has 0 fully saturated rings. The number of ether oxygens (including phenoxy) is 3. The highest BCUT2D eigenvalue weighted by Crippen LogP contribution is 2.49. The van der Waals surface area contributed by atoms with Gasteiger partial charge in [-0.1, -0.05) is 78.9 Å². The van der Waals surface area contributed by atoms with Crippen LogP contribution in [-0.2, 0) is 19.4 Å². The normalized spacial score (nSPS) is 14.0. The van der Waals surface area contributed by atoms with Crippen molar-refractivity contribution >= 4 is 31.1 Å². The first-order valence-electron chi connectivity index (χ1n) is 19.2. The lowest BCUT2D eigenvalue weighted by atomic mass is 9.80. The van der Waals surface area contributed by atoms with E-state index in [4.69, 9.17) is 23.3 Å². The van der Waals surface area contributed by atoms with Crippen LogP contribution in [0.2, 0.25) is 0 Å². The van der Waals surface area contributed by atoms with E-state index < -0.39 is 20.2 Å². The Bertz CT molecular complexity index is 2070. The van der Waals surface area contributed by atoms with E-state index in [0.29, 0.717) is 28.0 Å². The predicted molar refractivity (Wildman–Crippen MR) is 222 cm³/mol. The molecule has 1 aliphatic heterocycles. The number of imide groups is 1. The van der Waals surface area contributed by atoms with Crippen molar-refractivity contribution in [1.29, 1.82) is 5.26 Å². The summed E-state index contributed by atoms with van der Waals surface area (Å²) in [5.74, 6) is 0.704. The van der Waals surface area contributed by atoms with E-state index in [9.17, 15) is 14.9 Å². The molecule has 0 saturated carbocycles. The van der Waals surface area contributed by atoms with Crippen LogP contribution in [-0.4, -0.2) is 73.6 Å². The van der Waals surface area contributed by atoms with E-state index in [1.165, 1.54) is 4.90 Å². The molecule has 5 aromatic rings. The van der Waals surface area contributed by atoms with Gasteiger partial charge < -0.3 is 23.3 Å². The molecular weight excluding hydrogens is 737 g/mol. The third kappa shape index (κ3) is 8.89. The van der Waals surface area contributed by atoms with Crippen molar-refractivity contribution in [3.05, 3.63) is 143 Å². The SMILES string of the molecule is COc1ccc(C(OC[C@H](CCN2C(=O)c3cccc4cccc(c34)C2=O)OP(OCCC#N)N(C(C)C)C(C)C)(c2ccccc2)c2ccc(OC)cc2)cc1. The standard InChI is InChI=1S/C46H50N3O7P/c1-32(2)49(33(3)4)57(55-30-12-28-47)56-40(27-29-48-44(50)41-17-10-13-34-14-11-18-42(43(34)41)45(48)51)31-54-46(35-15-8-7-9-16-35,36-19-23-38(52-5)24-20-36)37-21-25-39(53-6)26-22-37/h7-11,13-26,32-33,40H,12,27,29-31H2,1-6H3/t40-,57?/m0/s1. The quantitative estimate of drug-likeness (QED) is 0.0350. The van der Waals surface area contributed by atoms with Crippen molar-refractivity contribution in [3.8, 4) is 17.6 Å². The summed E-state index contributed by atoms with van der Waals surface area (Å²) in [5, 5.41) is 10.9. The minimum atomic E-state index is -1.72. The zero-order chi connectivity index (χ0) is 40.5. The fraction of sp³-hybridized carbons (Fsp3) is 0.326. The van der Waals surface area contributed by atoms with Gasteiger partial charge in [0, 0.05) is 35.1 Å². The minimum absolute atomic E-state index is 0.0415. The molecule has 2 amide bonds. The molecule has 1 aliphatic rings. The Morgan fingerprint density at radius 1 is 0.719 bits per heavy atom. The van der Waals surface area contributed by atoms with E-state index in [0.717, 1.165) is 22.1 Å². The number of benzene rings is 5. The Morgan fingerprint density at radius 2 is 1.25 bits per heavy atom. The molecular formula is C46H50N3O7P. The first kappa shape index (κ1) is 41.5. The molecule has 5 aromatic carbocycles. The summed E-state index contributed by atoms with van der Waals surface area (Å²) in [6.07, 6.45) is -0.233. The summed E-state index contributed by atoms with van der Waals surface area (Å²) in [5.41, 5.74) is 2.42. The number of carbonyl (C=O) groups is 2. The molecule has 0 saturated heterocycles. The molecule has 10 nitrogen and oxygen atoms in total. The summed E-state index contributed by atoms with van der Waals surface area (Å²) >= 11 is 0. The Morgan fingerprint density at radius 3 is 1.74 bits per heavy atom. The summed E-state index contributed by atoms with van der Waals surface area (Å²) in [6, 6.07) is 38.9. The smallest absolute Gasteiger partial charge is 0.261 e. The molecule has 0 N–H and O–H groups in total. The summed E-state index contributed by atoms with van der Waals surface area (Å²) in [6.45, 7) is 8.61. The van der Waals surface area contributed by atoms with E-state index in [2.05, 4.69) is 38.4 Å². The highest BCUT2D eigenvalue weighted by Gasteiger charge is 2.40. The maximum absolute atomic E-state index is 14.0. The molecule has 1 heterocycles. The lowest BCUT2D eigenvalue weighted by Gasteiger charge is -2.40. The largest absolute Gasteiger partial charge is 0.497 e. The average Bonchev–Trinajstić information content (AvgIpc) is 3.23. The van der Waals surface area contributed by atoms with Crippen molar-refractivity contribution < 1.29 is 32.8 Å². The van der Waals surface area contributed by atoms with E-state index in [1.807, 2.05) is 103 Å². The third-order valence-corrected chi connectivity index (χ3v) is 12.3. The molecule has 1 unspecified atom stereocenters. The van der Waals surface area contributed by atoms with Crippen LogP contribution in [0.3, 0.4) is 0 Å². The number of nitriles is 1. The second-order valence-corrected chi connectivity index (χ2v) is 15.8. The van der Waals surface area contributed by atoms with Crippen molar-refractivity contribution in [2.24, 2.45) is 0 Å². The van der Waals surface area contributed by atoms with Crippen molar-refractivity contribution in [1.82, 2.24) is 9.57 Å². The molecule has 2 atom stereocenters. The average molecular weight is 788 g/mol. The molecule has 0 radical (unpaired) electrons. The summed E-state index contributed by atoms with van der Waals surface area (Å²) in [4.78, 5) is 29.4. The van der Waals surface area contributed by atoms with Crippen LogP contribution in [0.4, 0.5) is 0 Å². The zero-order valence-corrected chi connectivity index (χ0v) is 34.3. The number of hydrogen-bond donors (Lipinski definition) is 0. The number of carbonyl (C=O) groups excluding carboxylic acids is 2. The Balaban J connectivity index is 1.42. The van der Waals surface area contributed by atoms with Gasteiger partial charge in [0.2, 0.25) is 0 Å². The molecule has 0 bridgehead atoms. The van der Waals surface area contributed by atoms with Gasteiger partial charge >= 0.3 is 0 Å². The van der Waals surface area contributed by atoms with Crippen LogP contribution >= 0.6 is 8.53 Å². The van der Waals surface area contributed by atoms with E-state index in [1.54, 1.807) is 26.4 Å². The lowest BCUT2D eigenvalue weighted by Crippen LogP contribution is -2.43. The van der Waals surface area contributed by atoms with E-state index >= 15 is 0 Å². The Hall–Kier alpha value is -5.14. The van der Waals surface area contributed by atoms with Gasteiger partial charge in [0.1, 0.15) is 17.1 Å². The predicted octanol–water partition coefficient (Wildman–Crippen LogP) is 9.51. The molecule has 6 rings (SSSR count). The second kappa shape index (κ2) is 18.9. The van der Waals surface area contributed by atoms with Gasteiger partial charge in [0.05, 0.1) is 46.0 Å². The Kier molecular flexibility index (Phi) is 13.7. The molecule has 0 aliphatic carbocycles. The monoisotopic (exact) mass is 787 g/mol. The van der Waals surface area contributed by atoms with Crippen molar-refractivity contribution in [2.75, 3.05) is 34.0 Å². The number of amides is 2. The number of methoxy groups -OCH3 is 2. The topological polar surface area (TPSA) is 111 Å². The van der Waals surface area contributed by atoms with Crippen LogP contribution < -0.4 is 9.47 Å². The van der Waals surface area contributed by atoms with Gasteiger partial charge in [-0.05, 0) is 92.6 Å². The Labute approximate surface area is 336 Å². The van der Waals surface area contributed by atoms with Crippen LogP contribution in [0.5, 0.6) is 11.5 Å². The minimum Gasteiger partial charge on any atom is -0.497 e. The number of nitrogens with zero attached hydrogens (tertiary/aromatic N) is 3. The molecule has 0 aromatic heterocycles. The first-order valence-corrected chi connectivity index (χ1v) is 20.4. The van der Waals surface area contributed by atoms with Gasteiger partial charge in [0.15, 0.2) is 0 Å². The molecule has 0 spiro atoms. The van der Waals surface area contributed by atoms with Crippen LogP contribution in [0.15, 0.2) is 115 Å². The third-order valence-electron chi connectivity index (χ3n) is 10.1.